The van der Waals surface area contributed by atoms with Crippen LogP contribution in [0.5, 0.6) is 0 Å². The normalized spacial score (nSPS) is 7.88. The Bertz CT molecular complexity index is 53.0. The monoisotopic (exact) mass is 538 g/mol. The molecule has 0 aliphatic heterocycles. The number of hydrogen-bond donors (Lipinski definition) is 0. The molecule has 4 heteroatoms. The van der Waals surface area contributed by atoms with Crippen LogP contribution in [0.3, 0.4) is 0 Å². The van der Waals surface area contributed by atoms with Gasteiger partial charge in [-0.2, -0.15) is 0 Å². The van der Waals surface area contributed by atoms with E-state index in [1.54, 1.807) is 0 Å². The van der Waals surface area contributed by atoms with Gasteiger partial charge in [0.15, 0.2) is 0 Å². The quantitative estimate of drug-likeness (QED) is 0.431. The van der Waals surface area contributed by atoms with Crippen molar-refractivity contribution in [2.45, 2.75) is 72.8 Å². The van der Waals surface area contributed by atoms with Gasteiger partial charge >= 0.3 is 120 Å². The summed E-state index contributed by atoms with van der Waals surface area (Å²) in [4.78, 5) is 0. The third-order valence-corrected chi connectivity index (χ3v) is 6.97. The Kier molecular flexibility index (Phi) is 61.5. The second-order valence-corrected chi connectivity index (χ2v) is 13.3. The minimum absolute atomic E-state index is 0. The van der Waals surface area contributed by atoms with Crippen molar-refractivity contribution in [1.29, 1.82) is 0 Å². The minimum Gasteiger partial charge on any atom is 0 e. The average molecular weight is 538 g/mol. The van der Waals surface area contributed by atoms with Gasteiger partial charge in [0.1, 0.15) is 0 Å². The molecule has 0 heterocycles. The zero-order chi connectivity index (χ0) is 12.4. The first-order valence-electron chi connectivity index (χ1n) is 6.14. The molecule has 0 rings (SSSR count). The summed E-state index contributed by atoms with van der Waals surface area (Å²) < 4.78 is 0. The Morgan fingerprint density at radius 1 is 0.438 bits per heavy atom. The van der Waals surface area contributed by atoms with Gasteiger partial charge < -0.3 is 0 Å². The van der Waals surface area contributed by atoms with Crippen molar-refractivity contribution in [3.05, 3.63) is 0 Å². The van der Waals surface area contributed by atoms with E-state index in [9.17, 15) is 0 Å². The van der Waals surface area contributed by atoms with Crippen molar-refractivity contribution in [3.8, 4) is 0 Å². The summed E-state index contributed by atoms with van der Waals surface area (Å²) in [5.74, 6) is 0. The van der Waals surface area contributed by atoms with Crippen LogP contribution in [-0.4, -0.2) is 47.3 Å². The molecule has 0 aliphatic rings. The molecule has 96 valence electrons. The Balaban J connectivity index is -0.0000000655. The second kappa shape index (κ2) is 36.1. The van der Waals surface area contributed by atoms with Crippen LogP contribution >= 0.6 is 0 Å². The van der Waals surface area contributed by atoms with Gasteiger partial charge in [0, 0.05) is 35.6 Å². The zero-order valence-electron chi connectivity index (χ0n) is 12.2. The van der Waals surface area contributed by atoms with Gasteiger partial charge in [0.25, 0.3) is 0 Å². The Labute approximate surface area is 153 Å². The fourth-order valence-corrected chi connectivity index (χ4v) is 3.49. The largest absolute Gasteiger partial charge is 0 e. The molecule has 0 bridgehead atoms. The molecular weight excluding hydrogens is 508 g/mol. The van der Waals surface area contributed by atoms with Gasteiger partial charge in [-0.05, 0) is 0 Å². The fraction of sp³-hybridized carbons (Fsp3) is 1.00. The molecular formula is C12H30As3La. The van der Waals surface area contributed by atoms with E-state index < -0.39 is 0 Å². The zero-order valence-corrected chi connectivity index (χ0v) is 21.4. The van der Waals surface area contributed by atoms with E-state index in [1.807, 2.05) is 0 Å². The first-order valence-corrected chi connectivity index (χ1v) is 14.1. The van der Waals surface area contributed by atoms with Crippen LogP contribution in [0.25, 0.3) is 0 Å². The molecule has 0 saturated carbocycles. The van der Waals surface area contributed by atoms with E-state index in [2.05, 4.69) is 41.5 Å². The maximum absolute atomic E-state index is 2.25. The maximum atomic E-state index is 2.25. The first kappa shape index (κ1) is 27.3. The maximum Gasteiger partial charge on any atom is 0 e. The van der Waals surface area contributed by atoms with Gasteiger partial charge in [-0.3, -0.25) is 0 Å². The van der Waals surface area contributed by atoms with Crippen LogP contribution < -0.4 is 0 Å². The van der Waals surface area contributed by atoms with Crippen LogP contribution in [0, 0.1) is 35.6 Å². The molecule has 0 aromatic heterocycles. The molecule has 0 atom stereocenters. The summed E-state index contributed by atoms with van der Waals surface area (Å²) in [6, 6.07) is 0. The van der Waals surface area contributed by atoms with Gasteiger partial charge in [0.2, 0.25) is 0 Å². The number of hydrogen-bond acceptors (Lipinski definition) is 0. The molecule has 4 radical (unpaired) electrons. The third kappa shape index (κ3) is 54.0. The predicted octanol–water partition coefficient (Wildman–Crippen LogP) is 4.70. The molecule has 0 spiro atoms. The molecule has 0 aliphatic carbocycles. The van der Waals surface area contributed by atoms with E-state index in [1.165, 1.54) is 31.3 Å². The second-order valence-electron chi connectivity index (χ2n) is 2.57. The van der Waals surface area contributed by atoms with E-state index in [0.29, 0.717) is 0 Å². The molecule has 16 heavy (non-hydrogen) atoms. The standard InChI is InChI=1S/3C4H10As.La/c3*1-3-5-4-2;/h3*3-4H2,1-2H3;. The van der Waals surface area contributed by atoms with E-state index >= 15 is 0 Å². The predicted molar refractivity (Wildman–Crippen MR) is 80.1 cm³/mol. The van der Waals surface area contributed by atoms with Gasteiger partial charge in [-0.15, -0.1) is 0 Å². The van der Waals surface area contributed by atoms with Crippen LogP contribution in [0.2, 0.25) is 31.3 Å². The summed E-state index contributed by atoms with van der Waals surface area (Å²) in [6.07, 6.45) is 0. The van der Waals surface area contributed by atoms with Gasteiger partial charge in [-0.1, -0.05) is 0 Å². The van der Waals surface area contributed by atoms with Crippen LogP contribution in [0.1, 0.15) is 41.5 Å². The third-order valence-electron chi connectivity index (χ3n) is 1.34. The van der Waals surface area contributed by atoms with E-state index in [0.717, 1.165) is 47.3 Å². The molecule has 0 aromatic rings. The minimum atomic E-state index is 0. The summed E-state index contributed by atoms with van der Waals surface area (Å²) in [6.45, 7) is 13.5. The van der Waals surface area contributed by atoms with Gasteiger partial charge in [0.05, 0.1) is 0 Å². The molecule has 0 aromatic carbocycles. The summed E-state index contributed by atoms with van der Waals surface area (Å²) in [7, 11) is 0. The molecule has 0 unspecified atom stereocenters. The molecule has 0 nitrogen and oxygen atoms in total. The molecule has 0 fully saturated rings. The smallest absolute Gasteiger partial charge is 0 e. The van der Waals surface area contributed by atoms with Crippen LogP contribution in [0.15, 0.2) is 0 Å². The SMILES string of the molecule is CC[As]CC.CC[As]CC.CC[As]CC.[La]. The van der Waals surface area contributed by atoms with Crippen molar-refractivity contribution in [2.75, 3.05) is 0 Å². The summed E-state index contributed by atoms with van der Waals surface area (Å²) in [5, 5.41) is 8.62. The van der Waals surface area contributed by atoms with E-state index in [4.69, 9.17) is 0 Å². The van der Waals surface area contributed by atoms with Crippen LogP contribution in [0.4, 0.5) is 0 Å². The van der Waals surface area contributed by atoms with Gasteiger partial charge in [-0.25, -0.2) is 0 Å². The fourth-order valence-electron chi connectivity index (χ4n) is 0.671. The average Bonchev–Trinajstić information content (AvgIpc) is 2.23. The van der Waals surface area contributed by atoms with Crippen LogP contribution in [-0.2, 0) is 0 Å². The molecule has 0 saturated heterocycles. The van der Waals surface area contributed by atoms with Crippen molar-refractivity contribution >= 4 is 47.3 Å². The molecule has 0 amide bonds. The van der Waals surface area contributed by atoms with E-state index in [-0.39, 0.29) is 35.6 Å². The van der Waals surface area contributed by atoms with Crippen molar-refractivity contribution in [1.82, 2.24) is 0 Å². The Hall–Kier alpha value is 2.87. The van der Waals surface area contributed by atoms with Crippen molar-refractivity contribution < 1.29 is 35.6 Å². The summed E-state index contributed by atoms with van der Waals surface area (Å²) in [5.41, 5.74) is 0. The topological polar surface area (TPSA) is 0 Å². The van der Waals surface area contributed by atoms with Crippen molar-refractivity contribution in [3.63, 3.8) is 0 Å². The Morgan fingerprint density at radius 2 is 0.562 bits per heavy atom. The Morgan fingerprint density at radius 3 is 0.562 bits per heavy atom. The number of rotatable bonds is 6. The van der Waals surface area contributed by atoms with Crippen molar-refractivity contribution in [2.24, 2.45) is 0 Å². The first-order chi connectivity index (χ1) is 7.24. The summed E-state index contributed by atoms with van der Waals surface area (Å²) >= 11 is 2.23. The molecule has 0 N–H and O–H groups in total.